The van der Waals surface area contributed by atoms with Crippen LogP contribution in [-0.4, -0.2) is 5.80 Å². The van der Waals surface area contributed by atoms with Crippen LogP contribution >= 0.6 is 60.4 Å². The molecule has 0 fully saturated rings. The maximum absolute atomic E-state index is 13.9. The highest BCUT2D eigenvalue weighted by atomic mass is 127. The predicted octanol–water partition coefficient (Wildman–Crippen LogP) is 7.08. The Hall–Kier alpha value is -1.06. The maximum atomic E-state index is 13.9. The van der Waals surface area contributed by atoms with Crippen molar-refractivity contribution < 1.29 is 27.6 Å². The Labute approximate surface area is 195 Å². The fraction of sp³-hybridized carbons (Fsp3) is 0.0526. The molecule has 10 heteroatoms. The summed E-state index contributed by atoms with van der Waals surface area (Å²) in [5.74, 6) is 0.648. The average Bonchev–Trinajstić information content (AvgIpc) is 2.69. The van der Waals surface area contributed by atoms with Crippen LogP contribution < -0.4 is 13.6 Å². The first-order chi connectivity index (χ1) is 13.7. The van der Waals surface area contributed by atoms with Gasteiger partial charge >= 0.3 is 16.1 Å². The summed E-state index contributed by atoms with van der Waals surface area (Å²) in [4.78, 5) is 10.8. The lowest BCUT2D eigenvalue weighted by atomic mass is 10.3. The van der Waals surface area contributed by atoms with Crippen molar-refractivity contribution in [3.63, 3.8) is 0 Å². The standard InChI is InChI=1S/C19H16I2O6P2/c20-19(21,28(22,23)25-16-10-4-1-5-11-16)29(24,26-17-12-6-2-7-13-17)27-18-14-8-3-9-15-18/h1-15H,(H,22,23). The molecule has 1 unspecified atom stereocenters. The Morgan fingerprint density at radius 3 is 1.28 bits per heavy atom. The molecule has 152 valence electrons. The van der Waals surface area contributed by atoms with Gasteiger partial charge in [-0.1, -0.05) is 54.6 Å². The van der Waals surface area contributed by atoms with Gasteiger partial charge in [0.15, 0.2) is 0 Å². The van der Waals surface area contributed by atoms with E-state index in [1.807, 2.05) is 0 Å². The van der Waals surface area contributed by atoms with Crippen molar-refractivity contribution in [3.05, 3.63) is 91.0 Å². The van der Waals surface area contributed by atoms with E-state index in [-0.39, 0.29) is 17.2 Å². The van der Waals surface area contributed by atoms with E-state index in [4.69, 9.17) is 13.6 Å². The molecule has 0 aliphatic carbocycles. The zero-order valence-corrected chi connectivity index (χ0v) is 20.9. The van der Waals surface area contributed by atoms with E-state index in [2.05, 4.69) is 0 Å². The predicted molar refractivity (Wildman–Crippen MR) is 129 cm³/mol. The van der Waals surface area contributed by atoms with E-state index < -0.39 is 16.1 Å². The first kappa shape index (κ1) is 22.6. The lowest BCUT2D eigenvalue weighted by Crippen LogP contribution is -2.22. The lowest BCUT2D eigenvalue weighted by Gasteiger charge is -2.32. The van der Waals surface area contributed by atoms with Crippen LogP contribution in [-0.2, 0) is 9.13 Å². The molecule has 0 amide bonds. The smallest absolute Gasteiger partial charge is 0.423 e. The van der Waals surface area contributed by atoms with Gasteiger partial charge in [0.2, 0.25) is 0 Å². The summed E-state index contributed by atoms with van der Waals surface area (Å²) in [5.41, 5.74) is 0. The van der Waals surface area contributed by atoms with Crippen LogP contribution in [0.5, 0.6) is 17.2 Å². The van der Waals surface area contributed by atoms with Gasteiger partial charge in [-0.2, -0.15) is 0 Å². The number of halogens is 2. The molecule has 0 saturated heterocycles. The third-order valence-electron chi connectivity index (χ3n) is 3.58. The van der Waals surface area contributed by atoms with Crippen molar-refractivity contribution in [3.8, 4) is 17.2 Å². The summed E-state index contributed by atoms with van der Waals surface area (Å²) in [7, 11) is -8.84. The fourth-order valence-electron chi connectivity index (χ4n) is 2.20. The second kappa shape index (κ2) is 9.39. The molecule has 0 spiro atoms. The second-order valence-corrected chi connectivity index (χ2v) is 18.7. The largest absolute Gasteiger partial charge is 0.470 e. The highest BCUT2D eigenvalue weighted by Crippen LogP contribution is 2.80. The maximum Gasteiger partial charge on any atom is 0.470 e. The molecule has 0 saturated carbocycles. The average molecular weight is 656 g/mol. The second-order valence-electron chi connectivity index (χ2n) is 5.74. The molecule has 3 aromatic carbocycles. The molecule has 0 radical (unpaired) electrons. The molecule has 1 atom stereocenters. The van der Waals surface area contributed by atoms with Crippen LogP contribution in [0.15, 0.2) is 91.0 Å². The highest BCUT2D eigenvalue weighted by molar-refractivity contribution is 14.2. The van der Waals surface area contributed by atoms with Gasteiger partial charge in [-0.25, -0.2) is 9.13 Å². The molecule has 0 bridgehead atoms. The van der Waals surface area contributed by atoms with Gasteiger partial charge < -0.3 is 18.5 Å². The molecular formula is C19H16I2O6P2. The van der Waals surface area contributed by atoms with Crippen LogP contribution in [0.4, 0.5) is 0 Å². The third kappa shape index (κ3) is 5.35. The van der Waals surface area contributed by atoms with Crippen molar-refractivity contribution in [2.75, 3.05) is 0 Å². The minimum absolute atomic E-state index is 0.169. The Morgan fingerprint density at radius 1 is 0.621 bits per heavy atom. The van der Waals surface area contributed by atoms with Gasteiger partial charge in [-0.05, 0) is 81.6 Å². The number of alkyl halides is 2. The van der Waals surface area contributed by atoms with E-state index in [1.54, 1.807) is 124 Å². The Balaban J connectivity index is 2.00. The molecule has 3 aromatic rings. The topological polar surface area (TPSA) is 82.1 Å². The molecule has 3 rings (SSSR count). The van der Waals surface area contributed by atoms with Crippen LogP contribution in [0.25, 0.3) is 0 Å². The van der Waals surface area contributed by atoms with Crippen molar-refractivity contribution in [1.82, 2.24) is 0 Å². The number of hydrogen-bond acceptors (Lipinski definition) is 5. The van der Waals surface area contributed by atoms with Gasteiger partial charge in [0, 0.05) is 0 Å². The molecular weight excluding hydrogens is 640 g/mol. The summed E-state index contributed by atoms with van der Waals surface area (Å²) in [6.07, 6.45) is 0. The number of benzene rings is 3. The summed E-state index contributed by atoms with van der Waals surface area (Å²) < 4.78 is 42.0. The number of hydrogen-bond donors (Lipinski definition) is 1. The van der Waals surface area contributed by atoms with Crippen molar-refractivity contribution in [2.45, 2.75) is 0.911 Å². The highest BCUT2D eigenvalue weighted by Gasteiger charge is 2.65. The van der Waals surface area contributed by atoms with E-state index in [0.29, 0.717) is 0 Å². The summed E-state index contributed by atoms with van der Waals surface area (Å²) in [6, 6.07) is 24.8. The lowest BCUT2D eigenvalue weighted by molar-refractivity contribution is 0.362. The van der Waals surface area contributed by atoms with Gasteiger partial charge in [0.25, 0.3) is 0 Å². The van der Waals surface area contributed by atoms with Crippen molar-refractivity contribution >= 4 is 60.4 Å². The Morgan fingerprint density at radius 2 is 0.931 bits per heavy atom. The molecule has 0 aliphatic rings. The molecule has 6 nitrogen and oxygen atoms in total. The summed E-state index contributed by atoms with van der Waals surface area (Å²) >= 11 is 3.23. The van der Waals surface area contributed by atoms with Gasteiger partial charge in [0.05, 0.1) is 0 Å². The van der Waals surface area contributed by atoms with E-state index in [0.717, 1.165) is 0 Å². The van der Waals surface area contributed by atoms with Crippen LogP contribution in [0, 0.1) is 0 Å². The fourth-order valence-corrected chi connectivity index (χ4v) is 7.15. The third-order valence-corrected chi connectivity index (χ3v) is 15.0. The van der Waals surface area contributed by atoms with E-state index in [9.17, 15) is 14.0 Å². The minimum Gasteiger partial charge on any atom is -0.423 e. The molecule has 29 heavy (non-hydrogen) atoms. The monoisotopic (exact) mass is 656 g/mol. The minimum atomic E-state index is -4.55. The summed E-state index contributed by atoms with van der Waals surface area (Å²) in [5, 5.41) is 0. The van der Waals surface area contributed by atoms with Gasteiger partial charge in [-0.15, -0.1) is 0 Å². The van der Waals surface area contributed by atoms with Crippen molar-refractivity contribution in [2.24, 2.45) is 0 Å². The van der Waals surface area contributed by atoms with Gasteiger partial charge in [0.1, 0.15) is 17.2 Å². The van der Waals surface area contributed by atoms with Gasteiger partial charge in [-0.3, -0.25) is 0 Å². The summed E-state index contributed by atoms with van der Waals surface area (Å²) in [6.45, 7) is 0. The SMILES string of the molecule is O=P(O)(Oc1ccccc1)C(I)(I)P(=O)(Oc1ccccc1)Oc1ccccc1. The first-order valence-corrected chi connectivity index (χ1v) is 13.6. The number of para-hydroxylation sites is 3. The first-order valence-electron chi connectivity index (χ1n) is 8.28. The molecule has 1 N–H and O–H groups in total. The van der Waals surface area contributed by atoms with Crippen LogP contribution in [0.2, 0.25) is 0 Å². The Kier molecular flexibility index (Phi) is 7.32. The molecule has 0 aromatic heterocycles. The molecule has 0 heterocycles. The van der Waals surface area contributed by atoms with E-state index >= 15 is 0 Å². The quantitative estimate of drug-likeness (QED) is 0.159. The van der Waals surface area contributed by atoms with Crippen molar-refractivity contribution in [1.29, 1.82) is 0 Å². The van der Waals surface area contributed by atoms with E-state index in [1.165, 1.54) is 12.1 Å². The normalized spacial score (nSPS) is 13.9. The zero-order valence-electron chi connectivity index (χ0n) is 14.8. The Bertz CT molecular complexity index is 987. The zero-order chi connectivity index (χ0) is 21.0. The van der Waals surface area contributed by atoms with Crippen LogP contribution in [0.3, 0.4) is 0 Å². The van der Waals surface area contributed by atoms with Crippen LogP contribution in [0.1, 0.15) is 0 Å². The number of rotatable bonds is 8. The molecule has 0 aliphatic heterocycles.